The normalized spacial score (nSPS) is 11.8. The molecule has 0 aliphatic rings. The third kappa shape index (κ3) is 4.27. The van der Waals surface area contributed by atoms with Gasteiger partial charge in [0.2, 0.25) is 5.88 Å². The van der Waals surface area contributed by atoms with Crippen molar-refractivity contribution in [2.75, 3.05) is 14.2 Å². The Bertz CT molecular complexity index is 454. The van der Waals surface area contributed by atoms with Crippen LogP contribution >= 0.6 is 15.9 Å². The molecule has 0 radical (unpaired) electrons. The summed E-state index contributed by atoms with van der Waals surface area (Å²) in [6.07, 6.45) is 0.0559. The number of ether oxygens (including phenoxy) is 2. The summed E-state index contributed by atoms with van der Waals surface area (Å²) in [7, 11) is 3.07. The first kappa shape index (κ1) is 15.6. The molecule has 106 valence electrons. The zero-order chi connectivity index (χ0) is 14.4. The molecule has 1 atom stereocenters. The standard InChI is InChI=1S/C12H17BrN2O4/c1-4-7(14-12(16)17)5-9-10(18-2)6-8(13)11(15-9)19-3/h6-7,14H,4-5H2,1-3H3,(H,16,17). The van der Waals surface area contributed by atoms with Crippen LogP contribution < -0.4 is 14.8 Å². The maximum Gasteiger partial charge on any atom is 0.404 e. The Balaban J connectivity index is 3.00. The Hall–Kier alpha value is -1.50. The van der Waals surface area contributed by atoms with E-state index >= 15 is 0 Å². The fraction of sp³-hybridized carbons (Fsp3) is 0.500. The molecule has 2 N–H and O–H groups in total. The molecule has 0 saturated heterocycles. The van der Waals surface area contributed by atoms with Gasteiger partial charge in [-0.05, 0) is 22.4 Å². The van der Waals surface area contributed by atoms with E-state index in [2.05, 4.69) is 26.2 Å². The van der Waals surface area contributed by atoms with E-state index in [9.17, 15) is 4.79 Å². The number of hydrogen-bond acceptors (Lipinski definition) is 4. The molecule has 1 unspecified atom stereocenters. The Morgan fingerprint density at radius 1 is 1.53 bits per heavy atom. The number of carboxylic acid groups (broad SMARTS) is 1. The summed E-state index contributed by atoms with van der Waals surface area (Å²) in [6.45, 7) is 1.91. The number of carbonyl (C=O) groups is 1. The number of pyridine rings is 1. The number of rotatable bonds is 6. The lowest BCUT2D eigenvalue weighted by Crippen LogP contribution is -2.35. The van der Waals surface area contributed by atoms with Crippen molar-refractivity contribution in [3.63, 3.8) is 0 Å². The van der Waals surface area contributed by atoms with Crippen LogP contribution in [0.2, 0.25) is 0 Å². The highest BCUT2D eigenvalue weighted by atomic mass is 79.9. The van der Waals surface area contributed by atoms with Crippen molar-refractivity contribution < 1.29 is 19.4 Å². The van der Waals surface area contributed by atoms with Crippen LogP contribution in [0.1, 0.15) is 19.0 Å². The molecule has 0 aromatic carbocycles. The number of aromatic nitrogens is 1. The second-order valence-corrected chi connectivity index (χ2v) is 4.74. The van der Waals surface area contributed by atoms with Crippen LogP contribution in [0.4, 0.5) is 4.79 Å². The molecular weight excluding hydrogens is 316 g/mol. The summed E-state index contributed by atoms with van der Waals surface area (Å²) >= 11 is 3.33. The van der Waals surface area contributed by atoms with Crippen LogP contribution in [-0.4, -0.2) is 36.4 Å². The second-order valence-electron chi connectivity index (χ2n) is 3.89. The monoisotopic (exact) mass is 332 g/mol. The summed E-state index contributed by atoms with van der Waals surface area (Å²) in [5.41, 5.74) is 0.656. The topological polar surface area (TPSA) is 80.7 Å². The maximum atomic E-state index is 10.7. The quantitative estimate of drug-likeness (QED) is 0.836. The van der Waals surface area contributed by atoms with E-state index in [1.807, 2.05) is 6.92 Å². The molecule has 1 rings (SSSR count). The molecule has 1 aromatic rings. The zero-order valence-corrected chi connectivity index (χ0v) is 12.7. The third-order valence-electron chi connectivity index (χ3n) is 2.66. The van der Waals surface area contributed by atoms with Crippen LogP contribution in [0, 0.1) is 0 Å². The van der Waals surface area contributed by atoms with Crippen molar-refractivity contribution in [3.8, 4) is 11.6 Å². The van der Waals surface area contributed by atoms with Crippen molar-refractivity contribution in [2.24, 2.45) is 0 Å². The van der Waals surface area contributed by atoms with E-state index in [-0.39, 0.29) is 6.04 Å². The summed E-state index contributed by atoms with van der Waals surface area (Å²) in [6, 6.07) is 1.54. The Kier molecular flexibility index (Phi) is 5.88. The predicted molar refractivity (Wildman–Crippen MR) is 74.0 cm³/mol. The van der Waals surface area contributed by atoms with Crippen molar-refractivity contribution in [2.45, 2.75) is 25.8 Å². The number of amides is 1. The molecule has 0 bridgehead atoms. The summed E-state index contributed by atoms with van der Waals surface area (Å²) in [4.78, 5) is 15.0. The molecule has 1 amide bonds. The van der Waals surface area contributed by atoms with Crippen molar-refractivity contribution >= 4 is 22.0 Å². The van der Waals surface area contributed by atoms with E-state index in [1.54, 1.807) is 13.2 Å². The van der Waals surface area contributed by atoms with Gasteiger partial charge in [-0.1, -0.05) is 6.92 Å². The van der Waals surface area contributed by atoms with Gasteiger partial charge in [-0.3, -0.25) is 0 Å². The van der Waals surface area contributed by atoms with Crippen LogP contribution in [0.5, 0.6) is 11.6 Å². The zero-order valence-electron chi connectivity index (χ0n) is 11.1. The molecule has 7 heteroatoms. The first-order valence-corrected chi connectivity index (χ1v) is 6.57. The van der Waals surface area contributed by atoms with Gasteiger partial charge < -0.3 is 19.9 Å². The number of methoxy groups -OCH3 is 2. The van der Waals surface area contributed by atoms with Gasteiger partial charge in [0, 0.05) is 18.5 Å². The molecule has 0 fully saturated rings. The Morgan fingerprint density at radius 3 is 2.68 bits per heavy atom. The summed E-state index contributed by atoms with van der Waals surface area (Å²) in [5, 5.41) is 11.2. The molecule has 0 saturated carbocycles. The lowest BCUT2D eigenvalue weighted by molar-refractivity contribution is 0.189. The van der Waals surface area contributed by atoms with Crippen LogP contribution in [-0.2, 0) is 6.42 Å². The lowest BCUT2D eigenvalue weighted by atomic mass is 10.1. The Labute approximate surface area is 120 Å². The molecule has 0 aliphatic carbocycles. The summed E-state index contributed by atoms with van der Waals surface area (Å²) < 4.78 is 11.1. The van der Waals surface area contributed by atoms with Gasteiger partial charge in [-0.25, -0.2) is 9.78 Å². The average Bonchev–Trinajstić information content (AvgIpc) is 2.38. The van der Waals surface area contributed by atoms with Crippen molar-refractivity contribution in [3.05, 3.63) is 16.2 Å². The predicted octanol–water partition coefficient (Wildman–Crippen LogP) is 2.45. The highest BCUT2D eigenvalue weighted by molar-refractivity contribution is 9.10. The first-order valence-electron chi connectivity index (χ1n) is 5.78. The molecular formula is C12H17BrN2O4. The molecule has 1 aromatic heterocycles. The second kappa shape index (κ2) is 7.18. The van der Waals surface area contributed by atoms with Gasteiger partial charge in [-0.15, -0.1) is 0 Å². The smallest absolute Gasteiger partial charge is 0.404 e. The number of halogens is 1. The number of nitrogens with zero attached hydrogens (tertiary/aromatic N) is 1. The lowest BCUT2D eigenvalue weighted by Gasteiger charge is -2.17. The van der Waals surface area contributed by atoms with Gasteiger partial charge in [0.25, 0.3) is 0 Å². The average molecular weight is 333 g/mol. The van der Waals surface area contributed by atoms with Crippen molar-refractivity contribution in [1.29, 1.82) is 0 Å². The van der Waals surface area contributed by atoms with Crippen molar-refractivity contribution in [1.82, 2.24) is 10.3 Å². The van der Waals surface area contributed by atoms with E-state index in [1.165, 1.54) is 7.11 Å². The van der Waals surface area contributed by atoms with E-state index < -0.39 is 6.09 Å². The SMILES string of the molecule is CCC(Cc1nc(OC)c(Br)cc1OC)NC(=O)O. The first-order chi connectivity index (χ1) is 9.01. The minimum atomic E-state index is -1.05. The van der Waals surface area contributed by atoms with Gasteiger partial charge in [-0.2, -0.15) is 0 Å². The third-order valence-corrected chi connectivity index (χ3v) is 3.22. The largest absolute Gasteiger partial charge is 0.495 e. The molecule has 0 spiro atoms. The van der Waals surface area contributed by atoms with Crippen LogP contribution in [0.3, 0.4) is 0 Å². The van der Waals surface area contributed by atoms with E-state index in [4.69, 9.17) is 14.6 Å². The number of hydrogen-bond donors (Lipinski definition) is 2. The maximum absolute atomic E-state index is 10.7. The van der Waals surface area contributed by atoms with Gasteiger partial charge in [0.15, 0.2) is 0 Å². The number of nitrogens with one attached hydrogen (secondary N) is 1. The fourth-order valence-corrected chi connectivity index (χ4v) is 2.12. The van der Waals surface area contributed by atoms with Crippen LogP contribution in [0.25, 0.3) is 0 Å². The highest BCUT2D eigenvalue weighted by Crippen LogP contribution is 2.30. The Morgan fingerprint density at radius 2 is 2.21 bits per heavy atom. The van der Waals surface area contributed by atoms with E-state index in [0.29, 0.717) is 34.6 Å². The summed E-state index contributed by atoms with van der Waals surface area (Å²) in [5.74, 6) is 1.04. The van der Waals surface area contributed by atoms with Gasteiger partial charge in [0.05, 0.1) is 24.4 Å². The molecule has 0 aliphatic heterocycles. The van der Waals surface area contributed by atoms with Gasteiger partial charge in [0.1, 0.15) is 5.75 Å². The minimum Gasteiger partial charge on any atom is -0.495 e. The molecule has 1 heterocycles. The molecule has 19 heavy (non-hydrogen) atoms. The van der Waals surface area contributed by atoms with E-state index in [0.717, 1.165) is 0 Å². The fourth-order valence-electron chi connectivity index (χ4n) is 1.66. The molecule has 6 nitrogen and oxygen atoms in total. The van der Waals surface area contributed by atoms with Gasteiger partial charge >= 0.3 is 6.09 Å². The van der Waals surface area contributed by atoms with Crippen LogP contribution in [0.15, 0.2) is 10.5 Å². The highest BCUT2D eigenvalue weighted by Gasteiger charge is 2.17. The minimum absolute atomic E-state index is 0.218.